The third-order valence-electron chi connectivity index (χ3n) is 4.14. The fourth-order valence-corrected chi connectivity index (χ4v) is 2.89. The highest BCUT2D eigenvalue weighted by Gasteiger charge is 2.16. The van der Waals surface area contributed by atoms with Crippen molar-refractivity contribution in [1.82, 2.24) is 0 Å². The Kier molecular flexibility index (Phi) is 3.43. The molecule has 118 valence electrons. The Balaban J connectivity index is 1.86. The largest absolute Gasteiger partial charge is 0.497 e. The Hall–Kier alpha value is -3.27. The Labute approximate surface area is 138 Å². The van der Waals surface area contributed by atoms with Gasteiger partial charge in [0.1, 0.15) is 17.6 Å². The highest BCUT2D eigenvalue weighted by atomic mass is 16.5. The number of fused-ring (bicyclic) bond motifs is 2. The second kappa shape index (κ2) is 5.74. The van der Waals surface area contributed by atoms with Gasteiger partial charge >= 0.3 is 0 Å². The number of hydrogen-bond donors (Lipinski definition) is 0. The molecule has 3 aromatic carbocycles. The van der Waals surface area contributed by atoms with Crippen molar-refractivity contribution in [3.05, 3.63) is 66.9 Å². The van der Waals surface area contributed by atoms with Crippen molar-refractivity contribution in [2.75, 3.05) is 12.0 Å². The van der Waals surface area contributed by atoms with Crippen LogP contribution in [0.25, 0.3) is 21.7 Å². The lowest BCUT2D eigenvalue weighted by atomic mass is 10.1. The highest BCUT2D eigenvalue weighted by Crippen LogP contribution is 2.36. The normalized spacial score (nSPS) is 10.9. The van der Waals surface area contributed by atoms with Crippen LogP contribution in [-0.4, -0.2) is 13.5 Å². The molecule has 0 atom stereocenters. The molecule has 0 aliphatic rings. The zero-order valence-corrected chi connectivity index (χ0v) is 13.1. The maximum Gasteiger partial charge on any atom is 0.218 e. The molecule has 4 aromatic rings. The first kappa shape index (κ1) is 14.3. The number of rotatable bonds is 4. The molecule has 1 amide bonds. The zero-order chi connectivity index (χ0) is 16.5. The van der Waals surface area contributed by atoms with Crippen LogP contribution < -0.4 is 9.64 Å². The van der Waals surface area contributed by atoms with E-state index in [9.17, 15) is 4.79 Å². The molecule has 0 bridgehead atoms. The van der Waals surface area contributed by atoms with E-state index in [1.54, 1.807) is 18.3 Å². The number of furan rings is 1. The summed E-state index contributed by atoms with van der Waals surface area (Å²) in [6.07, 6.45) is 2.39. The van der Waals surface area contributed by atoms with E-state index in [-0.39, 0.29) is 0 Å². The standard InChI is InChI=1S/C20H15NO3/c1-23-17-8-9-20-18(11-17)19(12-24-20)21(13-22)16-7-6-14-4-2-3-5-15(14)10-16/h2-13H,1H3. The lowest BCUT2D eigenvalue weighted by Crippen LogP contribution is -2.13. The van der Waals surface area contributed by atoms with Gasteiger partial charge in [0.25, 0.3) is 0 Å². The summed E-state index contributed by atoms with van der Waals surface area (Å²) in [5.41, 5.74) is 2.18. The van der Waals surface area contributed by atoms with Crippen molar-refractivity contribution in [3.8, 4) is 5.75 Å². The van der Waals surface area contributed by atoms with Crippen LogP contribution in [0.2, 0.25) is 0 Å². The van der Waals surface area contributed by atoms with E-state index < -0.39 is 0 Å². The number of benzene rings is 3. The Bertz CT molecular complexity index is 1040. The fraction of sp³-hybridized carbons (Fsp3) is 0.0500. The van der Waals surface area contributed by atoms with Gasteiger partial charge in [0.2, 0.25) is 6.41 Å². The van der Waals surface area contributed by atoms with Gasteiger partial charge in [-0.1, -0.05) is 30.3 Å². The van der Waals surface area contributed by atoms with Gasteiger partial charge in [-0.15, -0.1) is 0 Å². The highest BCUT2D eigenvalue weighted by molar-refractivity contribution is 6.02. The first-order valence-electron chi connectivity index (χ1n) is 7.59. The number of hydrogen-bond acceptors (Lipinski definition) is 3. The molecule has 4 nitrogen and oxygen atoms in total. The molecule has 0 fully saturated rings. The molecule has 0 saturated heterocycles. The number of nitrogens with zero attached hydrogens (tertiary/aromatic N) is 1. The number of carbonyl (C=O) groups is 1. The minimum atomic E-state index is 0.689. The summed E-state index contributed by atoms with van der Waals surface area (Å²) in [7, 11) is 1.61. The SMILES string of the molecule is COc1ccc2occ(N(C=O)c3ccc4ccccc4c3)c2c1. The first-order chi connectivity index (χ1) is 11.8. The lowest BCUT2D eigenvalue weighted by molar-refractivity contribution is -0.106. The van der Waals surface area contributed by atoms with E-state index in [2.05, 4.69) is 0 Å². The molecule has 0 aliphatic carbocycles. The predicted molar refractivity (Wildman–Crippen MR) is 94.9 cm³/mol. The smallest absolute Gasteiger partial charge is 0.218 e. The van der Waals surface area contributed by atoms with Crippen molar-refractivity contribution in [2.24, 2.45) is 0 Å². The summed E-state index contributed by atoms with van der Waals surface area (Å²) < 4.78 is 10.9. The van der Waals surface area contributed by atoms with E-state index in [0.29, 0.717) is 11.3 Å². The second-order valence-corrected chi connectivity index (χ2v) is 5.49. The molecule has 0 spiro atoms. The van der Waals surface area contributed by atoms with Crippen LogP contribution in [0.1, 0.15) is 0 Å². The molecule has 1 heterocycles. The number of amides is 1. The Morgan fingerprint density at radius 3 is 2.62 bits per heavy atom. The number of anilines is 2. The van der Waals surface area contributed by atoms with Crippen LogP contribution in [-0.2, 0) is 4.79 Å². The van der Waals surface area contributed by atoms with E-state index >= 15 is 0 Å². The van der Waals surface area contributed by atoms with Crippen molar-refractivity contribution in [3.63, 3.8) is 0 Å². The lowest BCUT2D eigenvalue weighted by Gasteiger charge is -2.16. The molecule has 0 aliphatic heterocycles. The third-order valence-corrected chi connectivity index (χ3v) is 4.14. The molecule has 0 radical (unpaired) electrons. The summed E-state index contributed by atoms with van der Waals surface area (Å²) >= 11 is 0. The van der Waals surface area contributed by atoms with E-state index in [1.165, 1.54) is 0 Å². The summed E-state index contributed by atoms with van der Waals surface area (Å²) in [5, 5.41) is 3.03. The molecule has 1 aromatic heterocycles. The average Bonchev–Trinajstić information content (AvgIpc) is 3.05. The number of carbonyl (C=O) groups excluding carboxylic acids is 1. The Morgan fingerprint density at radius 1 is 1.00 bits per heavy atom. The topological polar surface area (TPSA) is 42.7 Å². The van der Waals surface area contributed by atoms with Crippen molar-refractivity contribution in [2.45, 2.75) is 0 Å². The quantitative estimate of drug-likeness (QED) is 0.503. The number of ether oxygens (including phenoxy) is 1. The van der Waals surface area contributed by atoms with Crippen LogP contribution in [0.5, 0.6) is 5.75 Å². The molecule has 0 unspecified atom stereocenters. The van der Waals surface area contributed by atoms with Crippen LogP contribution in [0.15, 0.2) is 71.3 Å². The first-order valence-corrected chi connectivity index (χ1v) is 7.59. The van der Waals surface area contributed by atoms with Gasteiger partial charge in [0.15, 0.2) is 0 Å². The van der Waals surface area contributed by atoms with Crippen molar-refractivity contribution < 1.29 is 13.9 Å². The minimum absolute atomic E-state index is 0.689. The van der Waals surface area contributed by atoms with Crippen molar-refractivity contribution >= 4 is 39.5 Å². The molecule has 4 rings (SSSR count). The van der Waals surface area contributed by atoms with Crippen molar-refractivity contribution in [1.29, 1.82) is 0 Å². The van der Waals surface area contributed by atoms with Gasteiger partial charge in [-0.2, -0.15) is 0 Å². The molecule has 0 N–H and O–H groups in total. The molecular formula is C20H15NO3. The van der Waals surface area contributed by atoms with Crippen LogP contribution in [0.3, 0.4) is 0 Å². The fourth-order valence-electron chi connectivity index (χ4n) is 2.89. The average molecular weight is 317 g/mol. The van der Waals surface area contributed by atoms with E-state index in [4.69, 9.17) is 9.15 Å². The summed E-state index contributed by atoms with van der Waals surface area (Å²) in [6, 6.07) is 19.5. The summed E-state index contributed by atoms with van der Waals surface area (Å²) in [6.45, 7) is 0. The second-order valence-electron chi connectivity index (χ2n) is 5.49. The number of methoxy groups -OCH3 is 1. The summed E-state index contributed by atoms with van der Waals surface area (Å²) in [5.74, 6) is 0.717. The minimum Gasteiger partial charge on any atom is -0.497 e. The molecule has 24 heavy (non-hydrogen) atoms. The van der Waals surface area contributed by atoms with Gasteiger partial charge in [-0.3, -0.25) is 9.69 Å². The van der Waals surface area contributed by atoms with Crippen LogP contribution >= 0.6 is 0 Å². The zero-order valence-electron chi connectivity index (χ0n) is 13.1. The van der Waals surface area contributed by atoms with E-state index in [0.717, 1.165) is 34.0 Å². The molecule has 0 saturated carbocycles. The third kappa shape index (κ3) is 2.29. The summed E-state index contributed by atoms with van der Waals surface area (Å²) in [4.78, 5) is 13.4. The van der Waals surface area contributed by atoms with Gasteiger partial charge in [0, 0.05) is 11.1 Å². The van der Waals surface area contributed by atoms with Gasteiger partial charge in [0.05, 0.1) is 12.8 Å². The maximum absolute atomic E-state index is 11.8. The van der Waals surface area contributed by atoms with Crippen LogP contribution in [0, 0.1) is 0 Å². The van der Waals surface area contributed by atoms with E-state index in [1.807, 2.05) is 60.7 Å². The molecule has 4 heteroatoms. The van der Waals surface area contributed by atoms with Gasteiger partial charge in [-0.05, 0) is 41.1 Å². The molecular weight excluding hydrogens is 302 g/mol. The van der Waals surface area contributed by atoms with Gasteiger partial charge < -0.3 is 9.15 Å². The maximum atomic E-state index is 11.8. The Morgan fingerprint density at radius 2 is 1.83 bits per heavy atom. The van der Waals surface area contributed by atoms with Gasteiger partial charge in [-0.25, -0.2) is 0 Å². The predicted octanol–water partition coefficient (Wildman–Crippen LogP) is 4.89. The monoisotopic (exact) mass is 317 g/mol. The van der Waals surface area contributed by atoms with Crippen LogP contribution in [0.4, 0.5) is 11.4 Å².